The minimum atomic E-state index is -0.106. The lowest BCUT2D eigenvalue weighted by Gasteiger charge is -2.27. The molecule has 1 atom stereocenters. The summed E-state index contributed by atoms with van der Waals surface area (Å²) in [6.45, 7) is 0.348. The number of benzene rings is 4. The minimum absolute atomic E-state index is 0.00626. The lowest BCUT2D eigenvalue weighted by Crippen LogP contribution is -2.19. The maximum atomic E-state index is 11.0. The van der Waals surface area contributed by atoms with E-state index in [1.165, 1.54) is 19.2 Å². The van der Waals surface area contributed by atoms with Gasteiger partial charge in [-0.25, -0.2) is 0 Å². The van der Waals surface area contributed by atoms with Gasteiger partial charge in [0, 0.05) is 46.9 Å². The number of rotatable bonds is 5. The molecule has 2 aliphatic rings. The number of aromatic hydroxyl groups is 4. The largest absolute Gasteiger partial charge is 0.508 e. The van der Waals surface area contributed by atoms with Crippen LogP contribution < -0.4 is 18.9 Å². The van der Waals surface area contributed by atoms with Crippen molar-refractivity contribution in [1.82, 2.24) is 0 Å². The van der Waals surface area contributed by atoms with Crippen molar-refractivity contribution in [2.75, 3.05) is 20.8 Å². The van der Waals surface area contributed by atoms with E-state index < -0.39 is 0 Å². The van der Waals surface area contributed by atoms with Gasteiger partial charge in [-0.15, -0.1) is 0 Å². The number of hydrogen-bond donors (Lipinski definition) is 4. The lowest BCUT2D eigenvalue weighted by molar-refractivity contribution is 0.258. The third-order valence-electron chi connectivity index (χ3n) is 7.41. The van der Waals surface area contributed by atoms with Crippen LogP contribution >= 0.6 is 0 Å². The molecule has 8 nitrogen and oxygen atoms in total. The number of ether oxygens (including phenoxy) is 4. The van der Waals surface area contributed by atoms with Gasteiger partial charge in [0.15, 0.2) is 0 Å². The average Bonchev–Trinajstić information content (AvgIpc) is 2.96. The fourth-order valence-corrected chi connectivity index (χ4v) is 5.31. The molecule has 4 N–H and O–H groups in total. The summed E-state index contributed by atoms with van der Waals surface area (Å²) in [4.78, 5) is 0. The molecule has 0 spiro atoms. The second-order valence-electron chi connectivity index (χ2n) is 9.85. The van der Waals surface area contributed by atoms with E-state index in [4.69, 9.17) is 18.9 Å². The Bertz CT molecular complexity index is 1660. The van der Waals surface area contributed by atoms with Gasteiger partial charge >= 0.3 is 0 Å². The van der Waals surface area contributed by atoms with E-state index in [2.05, 4.69) is 0 Å². The van der Waals surface area contributed by atoms with E-state index in [0.29, 0.717) is 64.9 Å². The van der Waals surface area contributed by atoms with Gasteiger partial charge in [-0.05, 0) is 54.3 Å². The highest BCUT2D eigenvalue weighted by Crippen LogP contribution is 2.47. The van der Waals surface area contributed by atoms with Gasteiger partial charge in [0.2, 0.25) is 0 Å². The Labute approximate surface area is 230 Å². The average molecular weight is 541 g/mol. The fraction of sp³-hybridized carbons (Fsp3) is 0.188. The van der Waals surface area contributed by atoms with Gasteiger partial charge in [0.1, 0.15) is 51.8 Å². The Morgan fingerprint density at radius 2 is 1.55 bits per heavy atom. The molecule has 6 rings (SSSR count). The van der Waals surface area contributed by atoms with Crippen LogP contribution in [0.5, 0.6) is 46.0 Å². The van der Waals surface area contributed by atoms with Crippen molar-refractivity contribution in [3.05, 3.63) is 89.0 Å². The van der Waals surface area contributed by atoms with Crippen molar-refractivity contribution in [3.63, 3.8) is 0 Å². The second kappa shape index (κ2) is 9.96. The van der Waals surface area contributed by atoms with Crippen LogP contribution in [0.15, 0.2) is 66.7 Å². The Morgan fingerprint density at radius 1 is 0.725 bits per heavy atom. The Balaban J connectivity index is 1.38. The molecule has 0 aromatic heterocycles. The normalized spacial score (nSPS) is 15.7. The standard InChI is InChI=1S/C32H28O8/c1-37-21-6-7-22(26(34)12-21)19-9-18-10-23(27(35)14-30(18)39-16-19)24-13-25(28(36)15-32(24)38-2)29-8-4-17-3-5-20(33)11-31(17)40-29/h3,5-8,10-15,19,33-36H,4,9,16H2,1-2H3/t19-/m0/s1. The number of fused-ring (bicyclic) bond motifs is 2. The first-order valence-corrected chi connectivity index (χ1v) is 12.8. The van der Waals surface area contributed by atoms with Crippen LogP contribution in [0.1, 0.15) is 28.2 Å². The summed E-state index contributed by atoms with van der Waals surface area (Å²) in [5, 5.41) is 42.4. The first-order chi connectivity index (χ1) is 19.3. The van der Waals surface area contributed by atoms with Gasteiger partial charge in [-0.2, -0.15) is 0 Å². The van der Waals surface area contributed by atoms with Crippen LogP contribution in [0.25, 0.3) is 16.9 Å². The predicted molar refractivity (Wildman–Crippen MR) is 149 cm³/mol. The van der Waals surface area contributed by atoms with Crippen molar-refractivity contribution < 1.29 is 39.4 Å². The maximum Gasteiger partial charge on any atom is 0.134 e. The second-order valence-corrected chi connectivity index (χ2v) is 9.85. The fourth-order valence-electron chi connectivity index (χ4n) is 5.31. The molecule has 2 aliphatic heterocycles. The molecule has 0 saturated heterocycles. The van der Waals surface area contributed by atoms with E-state index in [0.717, 1.165) is 16.7 Å². The topological polar surface area (TPSA) is 118 Å². The molecular weight excluding hydrogens is 512 g/mol. The number of phenols is 4. The van der Waals surface area contributed by atoms with Crippen LogP contribution in [-0.4, -0.2) is 41.3 Å². The molecular formula is C32H28O8. The van der Waals surface area contributed by atoms with Gasteiger partial charge in [-0.1, -0.05) is 12.1 Å². The third-order valence-corrected chi connectivity index (χ3v) is 7.41. The van der Waals surface area contributed by atoms with Crippen LogP contribution in [0.3, 0.4) is 0 Å². The zero-order chi connectivity index (χ0) is 28.0. The van der Waals surface area contributed by atoms with Crippen LogP contribution in [0.2, 0.25) is 0 Å². The molecule has 2 heterocycles. The molecule has 0 fully saturated rings. The zero-order valence-electron chi connectivity index (χ0n) is 22.0. The van der Waals surface area contributed by atoms with Gasteiger partial charge in [-0.3, -0.25) is 0 Å². The molecule has 40 heavy (non-hydrogen) atoms. The molecule has 0 aliphatic carbocycles. The van der Waals surface area contributed by atoms with Crippen molar-refractivity contribution in [3.8, 4) is 57.1 Å². The molecule has 4 aromatic carbocycles. The Hall–Kier alpha value is -4.98. The van der Waals surface area contributed by atoms with E-state index in [9.17, 15) is 20.4 Å². The minimum Gasteiger partial charge on any atom is -0.508 e. The molecule has 0 unspecified atom stereocenters. The monoisotopic (exact) mass is 540 g/mol. The summed E-state index contributed by atoms with van der Waals surface area (Å²) in [5.74, 6) is 2.50. The SMILES string of the molecule is COc1ccc([C@@H]2COc3cc(O)c(-c4cc(C5=CCc6ccc(O)cc6O5)c(O)cc4OC)cc3C2)c(O)c1. The van der Waals surface area contributed by atoms with Crippen LogP contribution in [0, 0.1) is 0 Å². The summed E-state index contributed by atoms with van der Waals surface area (Å²) in [7, 11) is 3.04. The van der Waals surface area contributed by atoms with Gasteiger partial charge < -0.3 is 39.4 Å². The predicted octanol–water partition coefficient (Wildman–Crippen LogP) is 5.89. The quantitative estimate of drug-likeness (QED) is 0.248. The van der Waals surface area contributed by atoms with Gasteiger partial charge in [0.05, 0.1) is 26.4 Å². The summed E-state index contributed by atoms with van der Waals surface area (Å²) in [6.07, 6.45) is 2.99. The van der Waals surface area contributed by atoms with Crippen LogP contribution in [-0.2, 0) is 12.8 Å². The highest BCUT2D eigenvalue weighted by Gasteiger charge is 2.27. The lowest BCUT2D eigenvalue weighted by atomic mass is 9.87. The first kappa shape index (κ1) is 25.3. The van der Waals surface area contributed by atoms with Crippen molar-refractivity contribution >= 4 is 5.76 Å². The molecule has 8 heteroatoms. The summed E-state index contributed by atoms with van der Waals surface area (Å²) in [5.41, 5.74) is 3.98. The zero-order valence-corrected chi connectivity index (χ0v) is 22.0. The first-order valence-electron chi connectivity index (χ1n) is 12.8. The van der Waals surface area contributed by atoms with E-state index in [1.807, 2.05) is 18.2 Å². The molecule has 0 bridgehead atoms. The van der Waals surface area contributed by atoms with Crippen LogP contribution in [0.4, 0.5) is 0 Å². The van der Waals surface area contributed by atoms with E-state index >= 15 is 0 Å². The van der Waals surface area contributed by atoms with Crippen molar-refractivity contribution in [2.24, 2.45) is 0 Å². The van der Waals surface area contributed by atoms with E-state index in [-0.39, 0.29) is 28.9 Å². The Kier molecular flexibility index (Phi) is 6.30. The highest BCUT2D eigenvalue weighted by molar-refractivity contribution is 5.83. The summed E-state index contributed by atoms with van der Waals surface area (Å²) in [6, 6.07) is 16.8. The van der Waals surface area contributed by atoms with Gasteiger partial charge in [0.25, 0.3) is 0 Å². The smallest absolute Gasteiger partial charge is 0.134 e. The summed E-state index contributed by atoms with van der Waals surface area (Å²) < 4.78 is 22.8. The maximum absolute atomic E-state index is 11.0. The number of hydrogen-bond acceptors (Lipinski definition) is 8. The van der Waals surface area contributed by atoms with Crippen molar-refractivity contribution in [2.45, 2.75) is 18.8 Å². The Morgan fingerprint density at radius 3 is 2.33 bits per heavy atom. The molecule has 204 valence electrons. The molecule has 4 aromatic rings. The number of phenolic OH excluding ortho intramolecular Hbond substituents is 4. The molecule has 0 radical (unpaired) electrons. The highest BCUT2D eigenvalue weighted by atomic mass is 16.5. The third kappa shape index (κ3) is 4.47. The molecule has 0 amide bonds. The summed E-state index contributed by atoms with van der Waals surface area (Å²) >= 11 is 0. The molecule has 0 saturated carbocycles. The number of allylic oxidation sites excluding steroid dienone is 1. The van der Waals surface area contributed by atoms with Crippen molar-refractivity contribution in [1.29, 1.82) is 0 Å². The number of methoxy groups -OCH3 is 2. The van der Waals surface area contributed by atoms with E-state index in [1.54, 1.807) is 43.5 Å².